The molecule has 1 fully saturated rings. The second kappa shape index (κ2) is 13.8. The average molecular weight is 559 g/mol. The zero-order valence-corrected chi connectivity index (χ0v) is 24.2. The summed E-state index contributed by atoms with van der Waals surface area (Å²) >= 11 is 0. The molecule has 41 heavy (non-hydrogen) atoms. The van der Waals surface area contributed by atoms with Crippen LogP contribution in [0, 0.1) is 6.92 Å². The van der Waals surface area contributed by atoms with Crippen molar-refractivity contribution < 1.29 is 28.6 Å². The van der Waals surface area contributed by atoms with Gasteiger partial charge in [-0.1, -0.05) is 42.0 Å². The molecule has 0 aromatic heterocycles. The molecule has 216 valence electrons. The Bertz CT molecular complexity index is 1340. The number of carbonyl (C=O) groups excluding carboxylic acids is 3. The molecular weight excluding hydrogens is 520 g/mol. The molecule has 2 atom stereocenters. The van der Waals surface area contributed by atoms with Crippen molar-refractivity contribution in [2.24, 2.45) is 0 Å². The number of aryl methyl sites for hydroxylation is 1. The molecule has 0 radical (unpaired) electrons. The van der Waals surface area contributed by atoms with Crippen LogP contribution in [0.5, 0.6) is 11.5 Å². The Labute approximate surface area is 241 Å². The van der Waals surface area contributed by atoms with E-state index in [9.17, 15) is 14.4 Å². The van der Waals surface area contributed by atoms with Crippen molar-refractivity contribution in [1.82, 2.24) is 9.80 Å². The predicted molar refractivity (Wildman–Crippen MR) is 156 cm³/mol. The van der Waals surface area contributed by atoms with Gasteiger partial charge in [0.1, 0.15) is 0 Å². The smallest absolute Gasteiger partial charge is 0.307 e. The summed E-state index contributed by atoms with van der Waals surface area (Å²) in [6.45, 7) is 4.78. The van der Waals surface area contributed by atoms with Crippen LogP contribution in [0.4, 0.5) is 0 Å². The van der Waals surface area contributed by atoms with Gasteiger partial charge in [-0.05, 0) is 68.7 Å². The second-order valence-corrected chi connectivity index (χ2v) is 10.1. The lowest BCUT2D eigenvalue weighted by Crippen LogP contribution is -2.50. The third-order valence-corrected chi connectivity index (χ3v) is 7.52. The van der Waals surface area contributed by atoms with Crippen molar-refractivity contribution >= 4 is 17.8 Å². The summed E-state index contributed by atoms with van der Waals surface area (Å²) in [5.41, 5.74) is 3.13. The van der Waals surface area contributed by atoms with Gasteiger partial charge in [-0.25, -0.2) is 0 Å². The predicted octanol–water partition coefficient (Wildman–Crippen LogP) is 4.93. The highest BCUT2D eigenvalue weighted by Gasteiger charge is 2.43. The van der Waals surface area contributed by atoms with E-state index in [1.807, 2.05) is 60.4 Å². The van der Waals surface area contributed by atoms with Gasteiger partial charge in [0, 0.05) is 24.2 Å². The minimum absolute atomic E-state index is 0.00500. The fraction of sp³-hybridized carbons (Fsp3) is 0.364. The Morgan fingerprint density at radius 2 is 1.61 bits per heavy atom. The van der Waals surface area contributed by atoms with Crippen LogP contribution in [0.3, 0.4) is 0 Å². The maximum absolute atomic E-state index is 14.0. The monoisotopic (exact) mass is 558 g/mol. The van der Waals surface area contributed by atoms with Gasteiger partial charge < -0.3 is 24.0 Å². The zero-order chi connectivity index (χ0) is 29.4. The van der Waals surface area contributed by atoms with Crippen LogP contribution in [-0.4, -0.2) is 73.6 Å². The molecule has 8 nitrogen and oxygen atoms in total. The van der Waals surface area contributed by atoms with E-state index in [-0.39, 0.29) is 30.9 Å². The Morgan fingerprint density at radius 1 is 0.902 bits per heavy atom. The summed E-state index contributed by atoms with van der Waals surface area (Å²) in [5.74, 6) is 0.548. The molecule has 3 aromatic rings. The first-order chi connectivity index (χ1) is 19.9. The van der Waals surface area contributed by atoms with Crippen molar-refractivity contribution in [3.63, 3.8) is 0 Å². The first-order valence-corrected chi connectivity index (χ1v) is 14.0. The number of benzene rings is 3. The van der Waals surface area contributed by atoms with E-state index in [1.165, 1.54) is 0 Å². The van der Waals surface area contributed by atoms with Crippen LogP contribution in [0.15, 0.2) is 72.8 Å². The normalized spacial score (nSPS) is 16.2. The molecule has 0 aliphatic carbocycles. The van der Waals surface area contributed by atoms with Crippen molar-refractivity contribution in [2.75, 3.05) is 33.9 Å². The van der Waals surface area contributed by atoms with E-state index in [1.54, 1.807) is 50.3 Å². The third kappa shape index (κ3) is 7.06. The van der Waals surface area contributed by atoms with E-state index in [0.717, 1.165) is 11.1 Å². The minimum atomic E-state index is -0.527. The van der Waals surface area contributed by atoms with Gasteiger partial charge in [-0.3, -0.25) is 14.4 Å². The van der Waals surface area contributed by atoms with Crippen molar-refractivity contribution in [3.8, 4) is 11.5 Å². The van der Waals surface area contributed by atoms with E-state index in [0.29, 0.717) is 48.6 Å². The summed E-state index contributed by atoms with van der Waals surface area (Å²) in [7, 11) is 3.18. The largest absolute Gasteiger partial charge is 0.493 e. The maximum atomic E-state index is 14.0. The number of hydrogen-bond acceptors (Lipinski definition) is 6. The van der Waals surface area contributed by atoms with Crippen LogP contribution in [0.25, 0.3) is 0 Å². The van der Waals surface area contributed by atoms with E-state index < -0.39 is 12.0 Å². The van der Waals surface area contributed by atoms with Crippen LogP contribution in [0.2, 0.25) is 0 Å². The number of esters is 1. The average Bonchev–Trinajstić information content (AvgIpc) is 3.40. The molecule has 2 amide bonds. The highest BCUT2D eigenvalue weighted by atomic mass is 16.5. The molecule has 1 heterocycles. The van der Waals surface area contributed by atoms with Gasteiger partial charge in [-0.15, -0.1) is 0 Å². The number of ether oxygens (including phenoxy) is 3. The van der Waals surface area contributed by atoms with Crippen LogP contribution in [-0.2, 0) is 16.0 Å². The second-order valence-electron chi connectivity index (χ2n) is 10.1. The van der Waals surface area contributed by atoms with Gasteiger partial charge >= 0.3 is 5.97 Å². The molecule has 1 saturated heterocycles. The van der Waals surface area contributed by atoms with Gasteiger partial charge in [0.25, 0.3) is 11.8 Å². The van der Waals surface area contributed by atoms with Crippen LogP contribution < -0.4 is 9.47 Å². The summed E-state index contributed by atoms with van der Waals surface area (Å²) < 4.78 is 16.1. The number of amides is 2. The molecule has 8 heteroatoms. The molecule has 1 aliphatic rings. The number of hydrogen-bond donors (Lipinski definition) is 0. The number of nitrogens with zero attached hydrogens (tertiary/aromatic N) is 2. The SMILES string of the molecule is CCOC(=O)C[C@@H]1[C@@H](N(CCc2ccc(OC)c(OC)c2)C(=O)c2ccccc2)CCN1C(=O)c1ccc(C)cc1. The first-order valence-electron chi connectivity index (χ1n) is 14.0. The van der Waals surface area contributed by atoms with E-state index in [2.05, 4.69) is 0 Å². The van der Waals surface area contributed by atoms with Crippen molar-refractivity contribution in [2.45, 2.75) is 45.2 Å². The lowest BCUT2D eigenvalue weighted by Gasteiger charge is -2.35. The number of methoxy groups -OCH3 is 2. The Morgan fingerprint density at radius 3 is 2.27 bits per heavy atom. The maximum Gasteiger partial charge on any atom is 0.307 e. The Balaban J connectivity index is 1.66. The highest BCUT2D eigenvalue weighted by Crippen LogP contribution is 2.31. The summed E-state index contributed by atoms with van der Waals surface area (Å²) in [5, 5.41) is 0. The van der Waals surface area contributed by atoms with E-state index >= 15 is 0 Å². The Hall–Kier alpha value is -4.33. The molecule has 3 aromatic carbocycles. The fourth-order valence-corrected chi connectivity index (χ4v) is 5.40. The van der Waals surface area contributed by atoms with Gasteiger partial charge in [0.05, 0.1) is 39.3 Å². The van der Waals surface area contributed by atoms with Crippen molar-refractivity contribution in [3.05, 3.63) is 95.1 Å². The van der Waals surface area contributed by atoms with Crippen LogP contribution in [0.1, 0.15) is 51.6 Å². The molecule has 0 spiro atoms. The molecule has 0 unspecified atom stereocenters. The topological polar surface area (TPSA) is 85.4 Å². The zero-order valence-electron chi connectivity index (χ0n) is 24.2. The lowest BCUT2D eigenvalue weighted by atomic mass is 10.0. The summed E-state index contributed by atoms with van der Waals surface area (Å²) in [4.78, 5) is 44.0. The van der Waals surface area contributed by atoms with Gasteiger partial charge in [0.2, 0.25) is 0 Å². The van der Waals surface area contributed by atoms with Crippen LogP contribution >= 0.6 is 0 Å². The van der Waals surface area contributed by atoms with E-state index in [4.69, 9.17) is 14.2 Å². The molecule has 0 bridgehead atoms. The molecule has 0 saturated carbocycles. The Kier molecular flexibility index (Phi) is 10.0. The third-order valence-electron chi connectivity index (χ3n) is 7.52. The molecule has 0 N–H and O–H groups in total. The van der Waals surface area contributed by atoms with Gasteiger partial charge in [0.15, 0.2) is 11.5 Å². The lowest BCUT2D eigenvalue weighted by molar-refractivity contribution is -0.144. The summed E-state index contributed by atoms with van der Waals surface area (Å²) in [6, 6.07) is 21.3. The number of rotatable bonds is 11. The minimum Gasteiger partial charge on any atom is -0.493 e. The quantitative estimate of drug-likeness (QED) is 0.310. The molecular formula is C33H38N2O6. The number of likely N-dealkylation sites (tertiary alicyclic amines) is 1. The highest BCUT2D eigenvalue weighted by molar-refractivity contribution is 5.96. The first kappa shape index (κ1) is 29.6. The van der Waals surface area contributed by atoms with Gasteiger partial charge in [-0.2, -0.15) is 0 Å². The number of carbonyl (C=O) groups is 3. The summed E-state index contributed by atoms with van der Waals surface area (Å²) in [6.07, 6.45) is 1.10. The molecule has 1 aliphatic heterocycles. The van der Waals surface area contributed by atoms with Crippen molar-refractivity contribution in [1.29, 1.82) is 0 Å². The molecule has 4 rings (SSSR count). The fourth-order valence-electron chi connectivity index (χ4n) is 5.40. The standard InChI is InChI=1S/C33H38N2O6/c1-5-41-31(36)22-28-27(18-20-35(28)33(38)26-14-11-23(2)12-15-26)34(32(37)25-9-7-6-8-10-25)19-17-24-13-16-29(39-3)30(21-24)40-4/h6-16,21,27-28H,5,17-20,22H2,1-4H3/t27-,28+/m0/s1.